The Morgan fingerprint density at radius 1 is 1.40 bits per heavy atom. The Bertz CT molecular complexity index is 554. The molecule has 106 valence electrons. The fraction of sp³-hybridized carbons (Fsp3) is 0.333. The van der Waals surface area contributed by atoms with E-state index in [1.165, 1.54) is 7.11 Å². The minimum atomic E-state index is -0.451. The maximum Gasteiger partial charge on any atom is 0.327 e. The first-order valence-corrected chi connectivity index (χ1v) is 7.36. The zero-order valence-corrected chi connectivity index (χ0v) is 12.4. The van der Waals surface area contributed by atoms with Crippen molar-refractivity contribution in [1.82, 2.24) is 10.3 Å². The molecule has 0 saturated heterocycles. The summed E-state index contributed by atoms with van der Waals surface area (Å²) < 4.78 is 4.87. The van der Waals surface area contributed by atoms with Crippen molar-refractivity contribution in [3.63, 3.8) is 0 Å². The summed E-state index contributed by atoms with van der Waals surface area (Å²) >= 11 is 1.66. The molecule has 1 atom stereocenters. The van der Waals surface area contributed by atoms with Gasteiger partial charge in [0.1, 0.15) is 6.04 Å². The molecule has 1 N–H and O–H groups in total. The van der Waals surface area contributed by atoms with Crippen molar-refractivity contribution in [2.24, 2.45) is 0 Å². The van der Waals surface area contributed by atoms with Gasteiger partial charge in [0.05, 0.1) is 12.1 Å². The second kappa shape index (κ2) is 7.17. The molecule has 1 heterocycles. The van der Waals surface area contributed by atoms with Gasteiger partial charge in [0, 0.05) is 17.6 Å². The summed E-state index contributed by atoms with van der Waals surface area (Å²) in [6.07, 6.45) is 2.79. The van der Waals surface area contributed by atoms with Gasteiger partial charge in [-0.2, -0.15) is 0 Å². The number of benzene rings is 1. The number of aryl methyl sites for hydroxylation is 1. The molecule has 0 aliphatic heterocycles. The number of aromatic nitrogens is 1. The monoisotopic (exact) mass is 290 g/mol. The van der Waals surface area contributed by atoms with E-state index in [1.807, 2.05) is 36.5 Å². The van der Waals surface area contributed by atoms with Crippen LogP contribution < -0.4 is 5.32 Å². The van der Waals surface area contributed by atoms with Crippen molar-refractivity contribution >= 4 is 17.3 Å². The number of nitrogens with one attached hydrogen (secondary N) is 1. The van der Waals surface area contributed by atoms with Crippen molar-refractivity contribution in [2.75, 3.05) is 7.11 Å². The molecule has 0 radical (unpaired) electrons. The number of carbonyl (C=O) groups is 1. The number of methoxy groups -OCH3 is 1. The molecule has 2 aromatic rings. The lowest BCUT2D eigenvalue weighted by Gasteiger charge is -2.16. The third-order valence-corrected chi connectivity index (χ3v) is 4.10. The molecular formula is C15H18N2O2S. The topological polar surface area (TPSA) is 51.2 Å². The molecule has 0 amide bonds. The molecule has 0 aliphatic carbocycles. The van der Waals surface area contributed by atoms with Gasteiger partial charge in [-0.25, -0.2) is 9.78 Å². The van der Waals surface area contributed by atoms with Crippen LogP contribution in [0.1, 0.15) is 28.4 Å². The van der Waals surface area contributed by atoms with Crippen molar-refractivity contribution < 1.29 is 9.53 Å². The Labute approximate surface area is 122 Å². The quantitative estimate of drug-likeness (QED) is 0.831. The maximum atomic E-state index is 11.9. The van der Waals surface area contributed by atoms with Crippen LogP contribution in [-0.2, 0) is 22.5 Å². The average molecular weight is 290 g/mol. The summed E-state index contributed by atoms with van der Waals surface area (Å²) in [5.41, 5.74) is 0.902. The fourth-order valence-corrected chi connectivity index (χ4v) is 2.71. The largest absolute Gasteiger partial charge is 0.468 e. The number of hydrogen-bond donors (Lipinski definition) is 1. The highest BCUT2D eigenvalue weighted by Crippen LogP contribution is 2.17. The zero-order valence-electron chi connectivity index (χ0n) is 11.6. The second-order valence-corrected chi connectivity index (χ2v) is 5.52. The maximum absolute atomic E-state index is 11.9. The normalized spacial score (nSPS) is 12.1. The van der Waals surface area contributed by atoms with E-state index < -0.39 is 6.04 Å². The van der Waals surface area contributed by atoms with Gasteiger partial charge < -0.3 is 4.74 Å². The van der Waals surface area contributed by atoms with Crippen LogP contribution in [0.3, 0.4) is 0 Å². The van der Waals surface area contributed by atoms with E-state index >= 15 is 0 Å². The molecule has 1 aromatic carbocycles. The zero-order chi connectivity index (χ0) is 14.4. The predicted octanol–water partition coefficient (Wildman–Crippen LogP) is 2.71. The van der Waals surface area contributed by atoms with Gasteiger partial charge in [0.2, 0.25) is 0 Å². The Morgan fingerprint density at radius 3 is 2.75 bits per heavy atom. The van der Waals surface area contributed by atoms with Gasteiger partial charge in [0.15, 0.2) is 0 Å². The van der Waals surface area contributed by atoms with Gasteiger partial charge >= 0.3 is 5.97 Å². The molecule has 2 rings (SSSR count). The molecule has 1 unspecified atom stereocenters. The van der Waals surface area contributed by atoms with Gasteiger partial charge in [-0.05, 0) is 12.0 Å². The van der Waals surface area contributed by atoms with Gasteiger partial charge in [-0.3, -0.25) is 5.32 Å². The summed E-state index contributed by atoms with van der Waals surface area (Å²) in [5, 5.41) is 4.34. The highest BCUT2D eigenvalue weighted by molar-refractivity contribution is 7.11. The molecule has 0 spiro atoms. The lowest BCUT2D eigenvalue weighted by molar-refractivity contribution is -0.143. The molecule has 4 nitrogen and oxygen atoms in total. The molecule has 0 bridgehead atoms. The molecule has 0 fully saturated rings. The van der Waals surface area contributed by atoms with E-state index in [-0.39, 0.29) is 5.97 Å². The van der Waals surface area contributed by atoms with Crippen LogP contribution in [0.5, 0.6) is 0 Å². The standard InChI is InChI=1S/C15H18N2O2S/c1-3-13-16-9-12(20-13)10-17-14(15(18)19-2)11-7-5-4-6-8-11/h4-9,14,17H,3,10H2,1-2H3. The highest BCUT2D eigenvalue weighted by atomic mass is 32.1. The van der Waals surface area contributed by atoms with Gasteiger partial charge in [-0.15, -0.1) is 11.3 Å². The summed E-state index contributed by atoms with van der Waals surface area (Å²) in [4.78, 5) is 17.3. The van der Waals surface area contributed by atoms with Crippen LogP contribution in [0.4, 0.5) is 0 Å². The van der Waals surface area contributed by atoms with Crippen LogP contribution in [0.25, 0.3) is 0 Å². The highest BCUT2D eigenvalue weighted by Gasteiger charge is 2.20. The third kappa shape index (κ3) is 3.65. The first-order chi connectivity index (χ1) is 9.74. The molecule has 0 saturated carbocycles. The number of esters is 1. The van der Waals surface area contributed by atoms with Crippen LogP contribution in [-0.4, -0.2) is 18.1 Å². The van der Waals surface area contributed by atoms with Gasteiger partial charge in [-0.1, -0.05) is 37.3 Å². The lowest BCUT2D eigenvalue weighted by atomic mass is 10.1. The molecule has 20 heavy (non-hydrogen) atoms. The number of nitrogens with zero attached hydrogens (tertiary/aromatic N) is 1. The van der Waals surface area contributed by atoms with Crippen molar-refractivity contribution in [3.05, 3.63) is 52.0 Å². The summed E-state index contributed by atoms with van der Waals surface area (Å²) in [5.74, 6) is -0.281. The second-order valence-electron chi connectivity index (χ2n) is 4.32. The van der Waals surface area contributed by atoms with Crippen molar-refractivity contribution in [2.45, 2.75) is 25.9 Å². The van der Waals surface area contributed by atoms with Crippen LogP contribution in [0.2, 0.25) is 0 Å². The van der Waals surface area contributed by atoms with E-state index in [2.05, 4.69) is 17.2 Å². The fourth-order valence-electron chi connectivity index (χ4n) is 1.90. The first-order valence-electron chi connectivity index (χ1n) is 6.54. The molecular weight excluding hydrogens is 272 g/mol. The van der Waals surface area contributed by atoms with E-state index in [0.717, 1.165) is 21.9 Å². The van der Waals surface area contributed by atoms with E-state index in [1.54, 1.807) is 11.3 Å². The molecule has 5 heteroatoms. The minimum Gasteiger partial charge on any atom is -0.468 e. The smallest absolute Gasteiger partial charge is 0.327 e. The Kier molecular flexibility index (Phi) is 5.26. The lowest BCUT2D eigenvalue weighted by Crippen LogP contribution is -2.29. The Hall–Kier alpha value is -1.72. The van der Waals surface area contributed by atoms with Crippen LogP contribution >= 0.6 is 11.3 Å². The Morgan fingerprint density at radius 2 is 2.15 bits per heavy atom. The number of rotatable bonds is 6. The van der Waals surface area contributed by atoms with Crippen LogP contribution in [0, 0.1) is 0 Å². The Balaban J connectivity index is 2.07. The summed E-state index contributed by atoms with van der Waals surface area (Å²) in [7, 11) is 1.40. The van der Waals surface area contributed by atoms with Crippen LogP contribution in [0.15, 0.2) is 36.5 Å². The van der Waals surface area contributed by atoms with Gasteiger partial charge in [0.25, 0.3) is 0 Å². The molecule has 1 aromatic heterocycles. The number of ether oxygens (including phenoxy) is 1. The third-order valence-electron chi connectivity index (χ3n) is 2.95. The first kappa shape index (κ1) is 14.7. The summed E-state index contributed by atoms with van der Waals surface area (Å²) in [6.45, 7) is 2.68. The average Bonchev–Trinajstić information content (AvgIpc) is 2.96. The van der Waals surface area contributed by atoms with E-state index in [9.17, 15) is 4.79 Å². The van der Waals surface area contributed by atoms with E-state index in [4.69, 9.17) is 4.74 Å². The number of thiazole rings is 1. The minimum absolute atomic E-state index is 0.281. The van der Waals surface area contributed by atoms with Crippen molar-refractivity contribution in [3.8, 4) is 0 Å². The summed E-state index contributed by atoms with van der Waals surface area (Å²) in [6, 6.07) is 9.13. The number of carbonyl (C=O) groups excluding carboxylic acids is 1. The van der Waals surface area contributed by atoms with Crippen molar-refractivity contribution in [1.29, 1.82) is 0 Å². The number of hydrogen-bond acceptors (Lipinski definition) is 5. The SMILES string of the molecule is CCc1ncc(CNC(C(=O)OC)c2ccccc2)s1. The van der Waals surface area contributed by atoms with E-state index in [0.29, 0.717) is 6.54 Å². The predicted molar refractivity (Wildman–Crippen MR) is 79.5 cm³/mol. The molecule has 0 aliphatic rings.